The molecular formula is C12H15NO2S. The molecule has 1 rings (SSSR count). The average Bonchev–Trinajstić information content (AvgIpc) is 2.26. The average molecular weight is 237 g/mol. The number of aryl methyl sites for hydroxylation is 1. The predicted molar refractivity (Wildman–Crippen MR) is 64.4 cm³/mol. The lowest BCUT2D eigenvalue weighted by Crippen LogP contribution is -2.27. The van der Waals surface area contributed by atoms with Crippen LogP contribution in [0.1, 0.15) is 12.0 Å². The number of hydrogen-bond acceptors (Lipinski definition) is 2. The van der Waals surface area contributed by atoms with Gasteiger partial charge in [-0.2, -0.15) is 4.31 Å². The zero-order valence-electron chi connectivity index (χ0n) is 9.47. The highest BCUT2D eigenvalue weighted by Crippen LogP contribution is 2.14. The molecule has 0 bridgehead atoms. The van der Waals surface area contributed by atoms with Gasteiger partial charge in [0.1, 0.15) is 0 Å². The van der Waals surface area contributed by atoms with Crippen LogP contribution in [0.5, 0.6) is 0 Å². The molecule has 1 aromatic carbocycles. The van der Waals surface area contributed by atoms with Crippen LogP contribution in [0.2, 0.25) is 0 Å². The van der Waals surface area contributed by atoms with Crippen molar-refractivity contribution in [1.82, 2.24) is 4.31 Å². The SMILES string of the molecule is C#CCCN(C)S(=O)(=O)c1ccc(C)cc1. The standard InChI is InChI=1S/C12H15NO2S/c1-4-5-10-13(3)16(14,15)12-8-6-11(2)7-9-12/h1,6-9H,5,10H2,2-3H3. The molecule has 0 unspecified atom stereocenters. The van der Waals surface area contributed by atoms with Gasteiger partial charge in [-0.05, 0) is 19.1 Å². The van der Waals surface area contributed by atoms with Crippen LogP contribution in [0.15, 0.2) is 29.2 Å². The third-order valence-corrected chi connectivity index (χ3v) is 4.17. The van der Waals surface area contributed by atoms with Crippen molar-refractivity contribution in [3.63, 3.8) is 0 Å². The van der Waals surface area contributed by atoms with Crippen LogP contribution < -0.4 is 0 Å². The largest absolute Gasteiger partial charge is 0.242 e. The highest BCUT2D eigenvalue weighted by atomic mass is 32.2. The van der Waals surface area contributed by atoms with Crippen molar-refractivity contribution in [3.05, 3.63) is 29.8 Å². The Hall–Kier alpha value is -1.31. The van der Waals surface area contributed by atoms with Gasteiger partial charge in [0.25, 0.3) is 0 Å². The minimum absolute atomic E-state index is 0.303. The Morgan fingerprint density at radius 2 is 1.88 bits per heavy atom. The first-order chi connectivity index (χ1) is 7.48. The summed E-state index contributed by atoms with van der Waals surface area (Å²) in [5, 5.41) is 0. The van der Waals surface area contributed by atoms with Crippen molar-refractivity contribution >= 4 is 10.0 Å². The van der Waals surface area contributed by atoms with Gasteiger partial charge in [-0.3, -0.25) is 0 Å². The zero-order valence-corrected chi connectivity index (χ0v) is 10.3. The van der Waals surface area contributed by atoms with Gasteiger partial charge in [-0.1, -0.05) is 17.7 Å². The summed E-state index contributed by atoms with van der Waals surface area (Å²) in [5.74, 6) is 2.43. The summed E-state index contributed by atoms with van der Waals surface area (Å²) < 4.78 is 25.3. The molecule has 0 spiro atoms. The molecule has 4 heteroatoms. The fraction of sp³-hybridized carbons (Fsp3) is 0.333. The maximum atomic E-state index is 12.0. The minimum Gasteiger partial charge on any atom is -0.207 e. The predicted octanol–water partition coefficient (Wildman–Crippen LogP) is 1.64. The van der Waals surface area contributed by atoms with Crippen molar-refractivity contribution in [2.75, 3.05) is 13.6 Å². The molecule has 0 saturated heterocycles. The number of hydrogen-bond donors (Lipinski definition) is 0. The van der Waals surface area contributed by atoms with Gasteiger partial charge in [0.05, 0.1) is 4.90 Å². The molecule has 1 aromatic rings. The second-order valence-corrected chi connectivity index (χ2v) is 5.64. The van der Waals surface area contributed by atoms with Gasteiger partial charge in [0.15, 0.2) is 0 Å². The maximum absolute atomic E-state index is 12.0. The van der Waals surface area contributed by atoms with E-state index in [0.29, 0.717) is 17.9 Å². The second kappa shape index (κ2) is 5.15. The molecule has 0 atom stereocenters. The lowest BCUT2D eigenvalue weighted by Gasteiger charge is -2.15. The summed E-state index contributed by atoms with van der Waals surface area (Å²) in [6, 6.07) is 6.78. The van der Waals surface area contributed by atoms with Gasteiger partial charge < -0.3 is 0 Å². The van der Waals surface area contributed by atoms with E-state index in [1.54, 1.807) is 24.3 Å². The molecule has 3 nitrogen and oxygen atoms in total. The van der Waals surface area contributed by atoms with Crippen LogP contribution in [0.3, 0.4) is 0 Å². The van der Waals surface area contributed by atoms with Gasteiger partial charge in [-0.15, -0.1) is 12.3 Å². The molecule has 0 saturated carbocycles. The number of benzene rings is 1. The van der Waals surface area contributed by atoms with E-state index < -0.39 is 10.0 Å². The summed E-state index contributed by atoms with van der Waals surface area (Å²) in [4.78, 5) is 0.303. The van der Waals surface area contributed by atoms with E-state index in [1.165, 1.54) is 11.4 Å². The molecule has 16 heavy (non-hydrogen) atoms. The third-order valence-electron chi connectivity index (χ3n) is 2.30. The summed E-state index contributed by atoms with van der Waals surface area (Å²) in [7, 11) is -1.86. The van der Waals surface area contributed by atoms with Crippen molar-refractivity contribution in [2.45, 2.75) is 18.2 Å². The fourth-order valence-corrected chi connectivity index (χ4v) is 2.40. The van der Waals surface area contributed by atoms with Crippen LogP contribution >= 0.6 is 0 Å². The van der Waals surface area contributed by atoms with Gasteiger partial charge in [0, 0.05) is 20.0 Å². The fourth-order valence-electron chi connectivity index (χ4n) is 1.23. The molecule has 0 N–H and O–H groups in total. The van der Waals surface area contributed by atoms with Crippen molar-refractivity contribution < 1.29 is 8.42 Å². The quantitative estimate of drug-likeness (QED) is 0.747. The van der Waals surface area contributed by atoms with Crippen LogP contribution in [-0.4, -0.2) is 26.3 Å². The Bertz CT molecular complexity index is 483. The molecule has 0 amide bonds. The van der Waals surface area contributed by atoms with Gasteiger partial charge >= 0.3 is 0 Å². The summed E-state index contributed by atoms with van der Waals surface area (Å²) in [6.45, 7) is 2.26. The number of nitrogens with zero attached hydrogens (tertiary/aromatic N) is 1. The Balaban J connectivity index is 2.94. The normalized spacial score (nSPS) is 11.4. The van der Waals surface area contributed by atoms with E-state index in [9.17, 15) is 8.42 Å². The van der Waals surface area contributed by atoms with Crippen molar-refractivity contribution in [3.8, 4) is 12.3 Å². The Morgan fingerprint density at radius 3 is 2.38 bits per heavy atom. The molecule has 0 radical (unpaired) electrons. The molecule has 0 heterocycles. The Morgan fingerprint density at radius 1 is 1.31 bits per heavy atom. The number of terminal acetylenes is 1. The molecule has 0 aliphatic carbocycles. The van der Waals surface area contributed by atoms with Crippen LogP contribution in [-0.2, 0) is 10.0 Å². The smallest absolute Gasteiger partial charge is 0.207 e. The number of rotatable bonds is 4. The first-order valence-electron chi connectivity index (χ1n) is 4.95. The highest BCUT2D eigenvalue weighted by molar-refractivity contribution is 7.89. The van der Waals surface area contributed by atoms with Crippen molar-refractivity contribution in [2.24, 2.45) is 0 Å². The van der Waals surface area contributed by atoms with E-state index in [0.717, 1.165) is 5.56 Å². The number of sulfonamides is 1. The second-order valence-electron chi connectivity index (χ2n) is 3.59. The molecule has 0 aliphatic rings. The van der Waals surface area contributed by atoms with Crippen LogP contribution in [0, 0.1) is 19.3 Å². The first kappa shape index (κ1) is 12.8. The van der Waals surface area contributed by atoms with E-state index in [2.05, 4.69) is 5.92 Å². The summed E-state index contributed by atoms with van der Waals surface area (Å²) in [5.41, 5.74) is 1.03. The molecule has 0 aromatic heterocycles. The van der Waals surface area contributed by atoms with Crippen LogP contribution in [0.4, 0.5) is 0 Å². The highest BCUT2D eigenvalue weighted by Gasteiger charge is 2.19. The zero-order chi connectivity index (χ0) is 12.2. The van der Waals surface area contributed by atoms with E-state index in [1.807, 2.05) is 6.92 Å². The van der Waals surface area contributed by atoms with Gasteiger partial charge in [0.2, 0.25) is 10.0 Å². The molecular weight excluding hydrogens is 222 g/mol. The maximum Gasteiger partial charge on any atom is 0.242 e. The first-order valence-corrected chi connectivity index (χ1v) is 6.39. The monoisotopic (exact) mass is 237 g/mol. The lowest BCUT2D eigenvalue weighted by molar-refractivity contribution is 0.477. The summed E-state index contributed by atoms with van der Waals surface area (Å²) >= 11 is 0. The Labute approximate surface area is 97.1 Å². The van der Waals surface area contributed by atoms with Crippen molar-refractivity contribution in [1.29, 1.82) is 0 Å². The van der Waals surface area contributed by atoms with E-state index in [-0.39, 0.29) is 0 Å². The minimum atomic E-state index is -3.39. The van der Waals surface area contributed by atoms with Gasteiger partial charge in [-0.25, -0.2) is 8.42 Å². The van der Waals surface area contributed by atoms with E-state index in [4.69, 9.17) is 6.42 Å². The Kier molecular flexibility index (Phi) is 4.11. The van der Waals surface area contributed by atoms with E-state index >= 15 is 0 Å². The molecule has 0 aliphatic heterocycles. The molecule has 86 valence electrons. The lowest BCUT2D eigenvalue weighted by atomic mass is 10.2. The molecule has 0 fully saturated rings. The topological polar surface area (TPSA) is 37.4 Å². The third kappa shape index (κ3) is 2.84. The summed E-state index contributed by atoms with van der Waals surface area (Å²) in [6.07, 6.45) is 5.53. The van der Waals surface area contributed by atoms with Crippen LogP contribution in [0.25, 0.3) is 0 Å².